The quantitative estimate of drug-likeness (QED) is 0.220. The van der Waals surface area contributed by atoms with Crippen LogP contribution >= 0.6 is 11.8 Å². The van der Waals surface area contributed by atoms with Crippen LogP contribution in [-0.2, 0) is 13.0 Å². The van der Waals surface area contributed by atoms with Gasteiger partial charge < -0.3 is 9.47 Å². The Balaban J connectivity index is 1.94. The molecule has 0 saturated heterocycles. The maximum atomic E-state index is 11.7. The zero-order valence-electron chi connectivity index (χ0n) is 16.8. The highest BCUT2D eigenvalue weighted by molar-refractivity contribution is 7.98. The second-order valence-corrected chi connectivity index (χ2v) is 6.89. The first-order valence-corrected chi connectivity index (χ1v) is 10.4. The standard InChI is InChI=1S/C20H21N5O4S/c1-4-18-22-23-20(30-3)24(18)21-12-15-10-16(25(26)27)19(17(11-15)28-2)29-13-14-8-6-5-7-9-14/h5-12H,4,13H2,1-3H3/b21-12-. The molecule has 0 saturated carbocycles. The summed E-state index contributed by atoms with van der Waals surface area (Å²) >= 11 is 1.41. The third-order valence-corrected chi connectivity index (χ3v) is 4.82. The molecule has 0 amide bonds. The van der Waals surface area contributed by atoms with Gasteiger partial charge in [0.05, 0.1) is 18.2 Å². The van der Waals surface area contributed by atoms with Crippen molar-refractivity contribution in [3.63, 3.8) is 0 Å². The minimum absolute atomic E-state index is 0.0758. The molecular formula is C20H21N5O4S. The van der Waals surface area contributed by atoms with Gasteiger partial charge in [0.1, 0.15) is 6.61 Å². The number of nitrogens with zero attached hydrogens (tertiary/aromatic N) is 5. The lowest BCUT2D eigenvalue weighted by Gasteiger charge is -2.12. The molecule has 0 aliphatic rings. The molecule has 3 aromatic rings. The van der Waals surface area contributed by atoms with Gasteiger partial charge in [0.25, 0.3) is 0 Å². The van der Waals surface area contributed by atoms with Crippen molar-refractivity contribution in [1.82, 2.24) is 14.9 Å². The first-order valence-electron chi connectivity index (χ1n) is 9.13. The molecule has 0 spiro atoms. The van der Waals surface area contributed by atoms with Crippen molar-refractivity contribution in [3.05, 3.63) is 69.5 Å². The Morgan fingerprint density at radius 1 is 1.27 bits per heavy atom. The molecule has 0 atom stereocenters. The Kier molecular flexibility index (Phi) is 7.02. The van der Waals surface area contributed by atoms with Crippen molar-refractivity contribution in [2.45, 2.75) is 25.1 Å². The van der Waals surface area contributed by atoms with Gasteiger partial charge in [0.2, 0.25) is 10.9 Å². The number of benzene rings is 2. The van der Waals surface area contributed by atoms with E-state index >= 15 is 0 Å². The molecule has 10 heteroatoms. The second-order valence-electron chi connectivity index (χ2n) is 6.12. The second kappa shape index (κ2) is 9.88. The minimum Gasteiger partial charge on any atom is -0.493 e. The predicted octanol–water partition coefficient (Wildman–Crippen LogP) is 3.94. The number of nitro groups is 1. The van der Waals surface area contributed by atoms with Crippen LogP contribution in [0.25, 0.3) is 0 Å². The van der Waals surface area contributed by atoms with Crippen LogP contribution in [-0.4, -0.2) is 39.4 Å². The number of thioether (sulfide) groups is 1. The fourth-order valence-electron chi connectivity index (χ4n) is 2.73. The average molecular weight is 427 g/mol. The van der Waals surface area contributed by atoms with Crippen LogP contribution in [0.3, 0.4) is 0 Å². The van der Waals surface area contributed by atoms with Crippen LogP contribution in [0.5, 0.6) is 11.5 Å². The molecule has 0 bridgehead atoms. The summed E-state index contributed by atoms with van der Waals surface area (Å²) in [6.45, 7) is 2.13. The third kappa shape index (κ3) is 4.77. The number of ether oxygens (including phenoxy) is 2. The molecule has 0 aliphatic carbocycles. The molecule has 2 aromatic carbocycles. The molecular weight excluding hydrogens is 406 g/mol. The van der Waals surface area contributed by atoms with E-state index in [0.717, 1.165) is 5.56 Å². The molecule has 156 valence electrons. The summed E-state index contributed by atoms with van der Waals surface area (Å²) in [5.41, 5.74) is 1.19. The molecule has 0 fully saturated rings. The lowest BCUT2D eigenvalue weighted by Crippen LogP contribution is -2.03. The van der Waals surface area contributed by atoms with E-state index in [4.69, 9.17) is 9.47 Å². The number of aromatic nitrogens is 3. The van der Waals surface area contributed by atoms with Crippen molar-refractivity contribution in [1.29, 1.82) is 0 Å². The van der Waals surface area contributed by atoms with Crippen LogP contribution in [0, 0.1) is 10.1 Å². The van der Waals surface area contributed by atoms with Gasteiger partial charge in [0, 0.05) is 18.1 Å². The van der Waals surface area contributed by atoms with E-state index in [1.165, 1.54) is 31.2 Å². The summed E-state index contributed by atoms with van der Waals surface area (Å²) in [6, 6.07) is 12.5. The van der Waals surface area contributed by atoms with E-state index in [-0.39, 0.29) is 23.8 Å². The summed E-state index contributed by atoms with van der Waals surface area (Å²) < 4.78 is 12.7. The van der Waals surface area contributed by atoms with Crippen LogP contribution in [0.1, 0.15) is 23.9 Å². The molecule has 0 unspecified atom stereocenters. The van der Waals surface area contributed by atoms with E-state index < -0.39 is 4.92 Å². The Labute approximate surface area is 177 Å². The number of hydrogen-bond acceptors (Lipinski definition) is 8. The number of nitro benzene ring substituents is 1. The molecule has 0 radical (unpaired) electrons. The van der Waals surface area contributed by atoms with Crippen molar-refractivity contribution < 1.29 is 14.4 Å². The number of methoxy groups -OCH3 is 1. The van der Waals surface area contributed by atoms with Gasteiger partial charge in [0.15, 0.2) is 11.6 Å². The van der Waals surface area contributed by atoms with Gasteiger partial charge >= 0.3 is 5.69 Å². The topological polar surface area (TPSA) is 105 Å². The van der Waals surface area contributed by atoms with E-state index in [2.05, 4.69) is 15.3 Å². The summed E-state index contributed by atoms with van der Waals surface area (Å²) in [5, 5.41) is 24.9. The fourth-order valence-corrected chi connectivity index (χ4v) is 3.18. The lowest BCUT2D eigenvalue weighted by atomic mass is 10.1. The van der Waals surface area contributed by atoms with Crippen LogP contribution in [0.15, 0.2) is 52.7 Å². The Bertz CT molecular complexity index is 1030. The van der Waals surface area contributed by atoms with Gasteiger partial charge in [-0.2, -0.15) is 9.78 Å². The molecule has 1 heterocycles. The number of rotatable bonds is 9. The van der Waals surface area contributed by atoms with Gasteiger partial charge in [-0.1, -0.05) is 49.0 Å². The Morgan fingerprint density at radius 2 is 2.03 bits per heavy atom. The SMILES string of the molecule is CCc1nnc(SC)n1/N=C\c1cc(OC)c(OCc2ccccc2)c([N+](=O)[O-])c1. The molecule has 30 heavy (non-hydrogen) atoms. The lowest BCUT2D eigenvalue weighted by molar-refractivity contribution is -0.386. The van der Waals surface area contributed by atoms with Crippen molar-refractivity contribution in [2.24, 2.45) is 5.10 Å². The van der Waals surface area contributed by atoms with Crippen molar-refractivity contribution in [2.75, 3.05) is 13.4 Å². The summed E-state index contributed by atoms with van der Waals surface area (Å²) in [5.74, 6) is 1.03. The highest BCUT2D eigenvalue weighted by Crippen LogP contribution is 2.38. The van der Waals surface area contributed by atoms with E-state index in [1.807, 2.05) is 43.5 Å². The molecule has 3 rings (SSSR count). The zero-order valence-corrected chi connectivity index (χ0v) is 17.6. The smallest absolute Gasteiger partial charge is 0.315 e. The van der Waals surface area contributed by atoms with E-state index in [1.54, 1.807) is 10.7 Å². The normalized spacial score (nSPS) is 11.0. The van der Waals surface area contributed by atoms with Crippen molar-refractivity contribution in [3.8, 4) is 11.5 Å². The van der Waals surface area contributed by atoms with Crippen molar-refractivity contribution >= 4 is 23.7 Å². The maximum Gasteiger partial charge on any atom is 0.315 e. The summed E-state index contributed by atoms with van der Waals surface area (Å²) in [6.07, 6.45) is 4.04. The molecule has 0 aliphatic heterocycles. The number of aryl methyl sites for hydroxylation is 1. The highest BCUT2D eigenvalue weighted by atomic mass is 32.2. The van der Waals surface area contributed by atoms with E-state index in [0.29, 0.717) is 23.0 Å². The Morgan fingerprint density at radius 3 is 2.67 bits per heavy atom. The fraction of sp³-hybridized carbons (Fsp3) is 0.250. The number of hydrogen-bond donors (Lipinski definition) is 0. The maximum absolute atomic E-state index is 11.7. The molecule has 9 nitrogen and oxygen atoms in total. The monoisotopic (exact) mass is 427 g/mol. The Hall–Kier alpha value is -3.40. The third-order valence-electron chi connectivity index (χ3n) is 4.20. The van der Waals surface area contributed by atoms with Crippen LogP contribution < -0.4 is 9.47 Å². The summed E-state index contributed by atoms with van der Waals surface area (Å²) in [7, 11) is 1.44. The van der Waals surface area contributed by atoms with Gasteiger partial charge in [-0.15, -0.1) is 10.2 Å². The van der Waals surface area contributed by atoms with E-state index in [9.17, 15) is 10.1 Å². The van der Waals surface area contributed by atoms with Crippen LogP contribution in [0.2, 0.25) is 0 Å². The largest absolute Gasteiger partial charge is 0.493 e. The summed E-state index contributed by atoms with van der Waals surface area (Å²) in [4.78, 5) is 11.2. The van der Waals surface area contributed by atoms with Gasteiger partial charge in [-0.25, -0.2) is 0 Å². The molecule has 0 N–H and O–H groups in total. The molecule has 1 aromatic heterocycles. The minimum atomic E-state index is -0.496. The highest BCUT2D eigenvalue weighted by Gasteiger charge is 2.22. The first kappa shape index (κ1) is 21.3. The average Bonchev–Trinajstić information content (AvgIpc) is 3.18. The zero-order chi connectivity index (χ0) is 21.5. The van der Waals surface area contributed by atoms with Gasteiger partial charge in [-0.3, -0.25) is 10.1 Å². The van der Waals surface area contributed by atoms with Gasteiger partial charge in [-0.05, 0) is 17.9 Å². The van der Waals surface area contributed by atoms with Crippen LogP contribution in [0.4, 0.5) is 5.69 Å². The first-order chi connectivity index (χ1) is 14.6. The predicted molar refractivity (Wildman–Crippen MR) is 115 cm³/mol.